The fourth-order valence-electron chi connectivity index (χ4n) is 4.62. The maximum Gasteiger partial charge on any atom is 0.417 e. The predicted molar refractivity (Wildman–Crippen MR) is 118 cm³/mol. The van der Waals surface area contributed by atoms with Crippen LogP contribution in [0.5, 0.6) is 0 Å². The maximum atomic E-state index is 13.7. The van der Waals surface area contributed by atoms with Crippen LogP contribution in [0.4, 0.5) is 13.2 Å². The molecule has 0 bridgehead atoms. The van der Waals surface area contributed by atoms with E-state index in [-0.39, 0.29) is 11.5 Å². The molecule has 0 unspecified atom stereocenters. The molecule has 32 heavy (non-hydrogen) atoms. The number of halogens is 3. The predicted octanol–water partition coefficient (Wildman–Crippen LogP) is 6.09. The van der Waals surface area contributed by atoms with Crippen molar-refractivity contribution >= 4 is 16.8 Å². The van der Waals surface area contributed by atoms with Crippen molar-refractivity contribution in [3.05, 3.63) is 95.2 Å². The summed E-state index contributed by atoms with van der Waals surface area (Å²) >= 11 is 0. The van der Waals surface area contributed by atoms with Gasteiger partial charge in [-0.05, 0) is 47.4 Å². The molecule has 5 rings (SSSR count). The summed E-state index contributed by atoms with van der Waals surface area (Å²) in [6.07, 6.45) is -3.23. The van der Waals surface area contributed by atoms with E-state index >= 15 is 0 Å². The molecule has 0 radical (unpaired) electrons. The van der Waals surface area contributed by atoms with Gasteiger partial charge in [-0.25, -0.2) is 0 Å². The lowest BCUT2D eigenvalue weighted by Gasteiger charge is -2.20. The molecular weight excluding hydrogens is 413 g/mol. The number of H-pyrrole nitrogens is 1. The number of carbonyl (C=O) groups is 1. The molecule has 1 aliphatic heterocycles. The van der Waals surface area contributed by atoms with Crippen LogP contribution in [0.1, 0.15) is 27.2 Å². The standard InChI is InChI=1S/C26H21F3N2O/c27-26(28,29)21-11-5-4-9-18(21)19-10-6-12-23-24(19)20-13-15-31(16-14-22(20)30-23)25(32)17-7-2-1-3-8-17/h1-12,30H,13-16H2. The Labute approximate surface area is 183 Å². The van der Waals surface area contributed by atoms with E-state index in [1.165, 1.54) is 12.1 Å². The Balaban J connectivity index is 1.56. The topological polar surface area (TPSA) is 36.1 Å². The van der Waals surface area contributed by atoms with Gasteiger partial charge in [-0.3, -0.25) is 4.79 Å². The third-order valence-electron chi connectivity index (χ3n) is 6.11. The van der Waals surface area contributed by atoms with Crippen LogP contribution in [0, 0.1) is 0 Å². The lowest BCUT2D eigenvalue weighted by molar-refractivity contribution is -0.137. The average Bonchev–Trinajstić information content (AvgIpc) is 3.03. The second kappa shape index (κ2) is 7.86. The molecule has 1 aliphatic rings. The van der Waals surface area contributed by atoms with E-state index in [2.05, 4.69) is 4.98 Å². The minimum absolute atomic E-state index is 0.0253. The van der Waals surface area contributed by atoms with E-state index in [1.807, 2.05) is 29.2 Å². The zero-order valence-corrected chi connectivity index (χ0v) is 17.2. The summed E-state index contributed by atoms with van der Waals surface area (Å²) in [6.45, 7) is 1.07. The molecule has 0 spiro atoms. The number of nitrogens with one attached hydrogen (secondary N) is 1. The van der Waals surface area contributed by atoms with Crippen LogP contribution >= 0.6 is 0 Å². The van der Waals surface area contributed by atoms with Crippen molar-refractivity contribution in [1.29, 1.82) is 0 Å². The van der Waals surface area contributed by atoms with E-state index in [0.29, 0.717) is 37.1 Å². The smallest absolute Gasteiger partial charge is 0.358 e. The molecule has 0 saturated heterocycles. The van der Waals surface area contributed by atoms with Crippen LogP contribution in [0.15, 0.2) is 72.8 Å². The Hall–Kier alpha value is -3.54. The average molecular weight is 434 g/mol. The first-order chi connectivity index (χ1) is 15.4. The quantitative estimate of drug-likeness (QED) is 0.407. The molecule has 3 nitrogen and oxygen atoms in total. The van der Waals surface area contributed by atoms with Crippen LogP contribution in [0.25, 0.3) is 22.0 Å². The largest absolute Gasteiger partial charge is 0.417 e. The van der Waals surface area contributed by atoms with Gasteiger partial charge in [-0.2, -0.15) is 13.2 Å². The lowest BCUT2D eigenvalue weighted by Crippen LogP contribution is -2.33. The van der Waals surface area contributed by atoms with Crippen molar-refractivity contribution in [2.24, 2.45) is 0 Å². The fraction of sp³-hybridized carbons (Fsp3) is 0.192. The number of rotatable bonds is 2. The van der Waals surface area contributed by atoms with E-state index in [4.69, 9.17) is 0 Å². The van der Waals surface area contributed by atoms with Gasteiger partial charge in [0.2, 0.25) is 0 Å². The molecule has 0 aliphatic carbocycles. The minimum Gasteiger partial charge on any atom is -0.358 e. The highest BCUT2D eigenvalue weighted by atomic mass is 19.4. The number of amides is 1. The first-order valence-corrected chi connectivity index (χ1v) is 10.6. The zero-order valence-electron chi connectivity index (χ0n) is 17.2. The van der Waals surface area contributed by atoms with Gasteiger partial charge in [0, 0.05) is 41.7 Å². The molecule has 1 aromatic heterocycles. The Morgan fingerprint density at radius 1 is 0.812 bits per heavy atom. The van der Waals surface area contributed by atoms with Crippen molar-refractivity contribution in [1.82, 2.24) is 9.88 Å². The second-order valence-corrected chi connectivity index (χ2v) is 8.01. The number of alkyl halides is 3. The monoisotopic (exact) mass is 434 g/mol. The number of benzene rings is 3. The van der Waals surface area contributed by atoms with Crippen LogP contribution in [0.2, 0.25) is 0 Å². The Bertz CT molecular complexity index is 1290. The Morgan fingerprint density at radius 3 is 2.28 bits per heavy atom. The van der Waals surface area contributed by atoms with Gasteiger partial charge in [0.15, 0.2) is 0 Å². The molecule has 2 heterocycles. The summed E-state index contributed by atoms with van der Waals surface area (Å²) in [5, 5.41) is 0.813. The van der Waals surface area contributed by atoms with Gasteiger partial charge in [-0.15, -0.1) is 0 Å². The highest BCUT2D eigenvalue weighted by Gasteiger charge is 2.34. The molecule has 0 atom stereocenters. The molecular formula is C26H21F3N2O. The van der Waals surface area contributed by atoms with Gasteiger partial charge >= 0.3 is 6.18 Å². The van der Waals surface area contributed by atoms with E-state index in [9.17, 15) is 18.0 Å². The van der Waals surface area contributed by atoms with Crippen LogP contribution in [0.3, 0.4) is 0 Å². The third kappa shape index (κ3) is 3.55. The number of nitrogens with zero attached hydrogens (tertiary/aromatic N) is 1. The Morgan fingerprint density at radius 2 is 1.50 bits per heavy atom. The summed E-state index contributed by atoms with van der Waals surface area (Å²) < 4.78 is 41.1. The fourth-order valence-corrected chi connectivity index (χ4v) is 4.62. The summed E-state index contributed by atoms with van der Waals surface area (Å²) in [4.78, 5) is 18.1. The van der Waals surface area contributed by atoms with E-state index in [0.717, 1.165) is 28.2 Å². The molecule has 162 valence electrons. The number of aromatic amines is 1. The Kier molecular flexibility index (Phi) is 5.00. The summed E-state index contributed by atoms with van der Waals surface area (Å²) in [6, 6.07) is 20.3. The lowest BCUT2D eigenvalue weighted by atomic mass is 9.93. The number of fused-ring (bicyclic) bond motifs is 3. The van der Waals surface area contributed by atoms with Crippen LogP contribution < -0.4 is 0 Å². The van der Waals surface area contributed by atoms with Gasteiger partial charge in [0.25, 0.3) is 5.91 Å². The van der Waals surface area contributed by atoms with Gasteiger partial charge < -0.3 is 9.88 Å². The van der Waals surface area contributed by atoms with Crippen molar-refractivity contribution in [2.45, 2.75) is 19.0 Å². The molecule has 1 amide bonds. The first-order valence-electron chi connectivity index (χ1n) is 10.6. The molecule has 0 saturated carbocycles. The molecule has 6 heteroatoms. The van der Waals surface area contributed by atoms with Crippen LogP contribution in [-0.4, -0.2) is 28.9 Å². The van der Waals surface area contributed by atoms with Gasteiger partial charge in [0.05, 0.1) is 5.56 Å². The summed E-state index contributed by atoms with van der Waals surface area (Å²) in [7, 11) is 0. The maximum absolute atomic E-state index is 13.7. The molecule has 4 aromatic rings. The molecule has 3 aromatic carbocycles. The number of aromatic nitrogens is 1. The number of hydrogen-bond acceptors (Lipinski definition) is 1. The highest BCUT2D eigenvalue weighted by Crippen LogP contribution is 2.41. The molecule has 1 N–H and O–H groups in total. The van der Waals surface area contributed by atoms with Crippen molar-refractivity contribution in [3.8, 4) is 11.1 Å². The zero-order chi connectivity index (χ0) is 22.3. The SMILES string of the molecule is O=C(c1ccccc1)N1CCc2[nH]c3cccc(-c4ccccc4C(F)(F)F)c3c2CC1. The molecule has 0 fully saturated rings. The van der Waals surface area contributed by atoms with E-state index in [1.54, 1.807) is 30.3 Å². The van der Waals surface area contributed by atoms with Gasteiger partial charge in [0.1, 0.15) is 0 Å². The van der Waals surface area contributed by atoms with E-state index < -0.39 is 11.7 Å². The number of carbonyl (C=O) groups excluding carboxylic acids is 1. The highest BCUT2D eigenvalue weighted by molar-refractivity contribution is 5.99. The van der Waals surface area contributed by atoms with Crippen molar-refractivity contribution < 1.29 is 18.0 Å². The normalized spacial score (nSPS) is 14.3. The summed E-state index contributed by atoms with van der Waals surface area (Å²) in [5.74, 6) is -0.0253. The number of hydrogen-bond donors (Lipinski definition) is 1. The third-order valence-corrected chi connectivity index (χ3v) is 6.11. The second-order valence-electron chi connectivity index (χ2n) is 8.01. The minimum atomic E-state index is -4.44. The van der Waals surface area contributed by atoms with Gasteiger partial charge in [-0.1, -0.05) is 48.5 Å². The van der Waals surface area contributed by atoms with Crippen molar-refractivity contribution in [3.63, 3.8) is 0 Å². The first kappa shape index (κ1) is 20.4. The summed E-state index contributed by atoms with van der Waals surface area (Å²) in [5.41, 5.74) is 3.55. The van der Waals surface area contributed by atoms with Crippen molar-refractivity contribution in [2.75, 3.05) is 13.1 Å². The van der Waals surface area contributed by atoms with Crippen LogP contribution in [-0.2, 0) is 19.0 Å².